The molecule has 0 aliphatic heterocycles. The summed E-state index contributed by atoms with van der Waals surface area (Å²) < 4.78 is 12.9. The second-order valence-electron chi connectivity index (χ2n) is 5.75. The number of benzene rings is 2. The van der Waals surface area contributed by atoms with E-state index in [0.717, 1.165) is 5.56 Å². The summed E-state index contributed by atoms with van der Waals surface area (Å²) in [5.41, 5.74) is 2.37. The van der Waals surface area contributed by atoms with Gasteiger partial charge in [0.05, 0.1) is 11.6 Å². The van der Waals surface area contributed by atoms with Crippen LogP contribution in [0.15, 0.2) is 60.7 Å². The summed E-state index contributed by atoms with van der Waals surface area (Å²) in [4.78, 5) is 12.1. The van der Waals surface area contributed by atoms with Crippen molar-refractivity contribution >= 4 is 17.4 Å². The largest absolute Gasteiger partial charge is 0.350 e. The molecule has 3 rings (SSSR count). The number of amides is 1. The van der Waals surface area contributed by atoms with Crippen molar-refractivity contribution in [1.29, 1.82) is 5.26 Å². The lowest BCUT2D eigenvalue weighted by atomic mass is 10.1. The van der Waals surface area contributed by atoms with Gasteiger partial charge in [-0.3, -0.25) is 4.79 Å². The van der Waals surface area contributed by atoms with E-state index in [0.29, 0.717) is 30.0 Å². The Labute approximate surface area is 155 Å². The van der Waals surface area contributed by atoms with Crippen LogP contribution in [0.3, 0.4) is 0 Å². The predicted octanol–water partition coefficient (Wildman–Crippen LogP) is 3.20. The van der Waals surface area contributed by atoms with E-state index < -0.39 is 0 Å². The van der Waals surface area contributed by atoms with Crippen LogP contribution in [0.2, 0.25) is 0 Å². The summed E-state index contributed by atoms with van der Waals surface area (Å²) >= 11 is 0. The van der Waals surface area contributed by atoms with E-state index in [1.54, 1.807) is 48.5 Å². The first-order valence-corrected chi connectivity index (χ1v) is 8.27. The Morgan fingerprint density at radius 3 is 2.59 bits per heavy atom. The SMILES string of the molecule is N#Cc1cccc(Nc2ccc(C(=O)NCCc3ccc(F)cc3)nn2)c1. The highest BCUT2D eigenvalue weighted by Crippen LogP contribution is 2.15. The van der Waals surface area contributed by atoms with Gasteiger partial charge in [-0.2, -0.15) is 5.26 Å². The fourth-order valence-electron chi connectivity index (χ4n) is 2.40. The molecule has 1 aromatic heterocycles. The van der Waals surface area contributed by atoms with Gasteiger partial charge in [-0.05, 0) is 54.4 Å². The minimum absolute atomic E-state index is 0.199. The molecule has 1 heterocycles. The summed E-state index contributed by atoms with van der Waals surface area (Å²) in [5, 5.41) is 22.6. The summed E-state index contributed by atoms with van der Waals surface area (Å²) in [7, 11) is 0. The maximum absolute atomic E-state index is 12.9. The van der Waals surface area contributed by atoms with E-state index in [2.05, 4.69) is 26.9 Å². The molecule has 0 bridgehead atoms. The van der Waals surface area contributed by atoms with Gasteiger partial charge in [0, 0.05) is 12.2 Å². The molecule has 0 saturated carbocycles. The monoisotopic (exact) mass is 361 g/mol. The lowest BCUT2D eigenvalue weighted by molar-refractivity contribution is 0.0948. The molecular formula is C20H16FN5O. The van der Waals surface area contributed by atoms with Crippen LogP contribution in [0.25, 0.3) is 0 Å². The first kappa shape index (κ1) is 18.0. The van der Waals surface area contributed by atoms with Crippen LogP contribution in [0.4, 0.5) is 15.9 Å². The van der Waals surface area contributed by atoms with E-state index in [-0.39, 0.29) is 17.4 Å². The highest BCUT2D eigenvalue weighted by Gasteiger charge is 2.08. The Hall–Kier alpha value is -3.79. The van der Waals surface area contributed by atoms with Gasteiger partial charge in [0.25, 0.3) is 5.91 Å². The molecule has 0 spiro atoms. The molecule has 0 unspecified atom stereocenters. The number of aromatic nitrogens is 2. The highest BCUT2D eigenvalue weighted by molar-refractivity contribution is 5.92. The van der Waals surface area contributed by atoms with Crippen molar-refractivity contribution in [1.82, 2.24) is 15.5 Å². The average molecular weight is 361 g/mol. The molecule has 0 fully saturated rings. The first-order valence-electron chi connectivity index (χ1n) is 8.27. The third kappa shape index (κ3) is 5.09. The number of hydrogen-bond donors (Lipinski definition) is 2. The van der Waals surface area contributed by atoms with Crippen molar-refractivity contribution in [3.63, 3.8) is 0 Å². The van der Waals surface area contributed by atoms with Gasteiger partial charge >= 0.3 is 0 Å². The third-order valence-corrected chi connectivity index (χ3v) is 3.77. The summed E-state index contributed by atoms with van der Waals surface area (Å²) in [5.74, 6) is -0.151. The van der Waals surface area contributed by atoms with E-state index in [1.807, 2.05) is 0 Å². The van der Waals surface area contributed by atoms with Gasteiger partial charge in [0.2, 0.25) is 0 Å². The molecule has 1 amide bonds. The highest BCUT2D eigenvalue weighted by atomic mass is 19.1. The Morgan fingerprint density at radius 2 is 1.89 bits per heavy atom. The Kier molecular flexibility index (Phi) is 5.70. The first-order chi connectivity index (χ1) is 13.1. The molecule has 0 aliphatic carbocycles. The second kappa shape index (κ2) is 8.54. The van der Waals surface area contributed by atoms with E-state index >= 15 is 0 Å². The van der Waals surface area contributed by atoms with Crippen LogP contribution in [-0.2, 0) is 6.42 Å². The van der Waals surface area contributed by atoms with Gasteiger partial charge < -0.3 is 10.6 Å². The average Bonchev–Trinajstić information content (AvgIpc) is 2.70. The number of nitrogens with one attached hydrogen (secondary N) is 2. The van der Waals surface area contributed by atoms with Crippen LogP contribution >= 0.6 is 0 Å². The minimum Gasteiger partial charge on any atom is -0.350 e. The quantitative estimate of drug-likeness (QED) is 0.704. The minimum atomic E-state index is -0.331. The number of nitrogens with zero attached hydrogens (tertiary/aromatic N) is 3. The fraction of sp³-hybridized carbons (Fsp3) is 0.100. The lowest BCUT2D eigenvalue weighted by Crippen LogP contribution is -2.26. The van der Waals surface area contributed by atoms with Crippen LogP contribution in [0.1, 0.15) is 21.6 Å². The van der Waals surface area contributed by atoms with E-state index in [9.17, 15) is 9.18 Å². The molecular weight excluding hydrogens is 345 g/mol. The molecule has 0 saturated heterocycles. The Morgan fingerprint density at radius 1 is 1.07 bits per heavy atom. The zero-order valence-corrected chi connectivity index (χ0v) is 14.3. The molecule has 3 aromatic rings. The molecule has 0 atom stereocenters. The van der Waals surface area contributed by atoms with Gasteiger partial charge in [0.15, 0.2) is 11.5 Å². The van der Waals surface area contributed by atoms with Crippen molar-refractivity contribution in [3.05, 3.63) is 83.3 Å². The molecule has 134 valence electrons. The van der Waals surface area contributed by atoms with Crippen molar-refractivity contribution in [3.8, 4) is 6.07 Å². The number of hydrogen-bond acceptors (Lipinski definition) is 5. The van der Waals surface area contributed by atoms with Crippen LogP contribution in [0, 0.1) is 17.1 Å². The number of nitriles is 1. The topological polar surface area (TPSA) is 90.7 Å². The number of carbonyl (C=O) groups excluding carboxylic acids is 1. The molecule has 6 nitrogen and oxygen atoms in total. The zero-order valence-electron chi connectivity index (χ0n) is 14.3. The molecule has 0 aliphatic rings. The zero-order chi connectivity index (χ0) is 19.1. The van der Waals surface area contributed by atoms with E-state index in [4.69, 9.17) is 5.26 Å². The van der Waals surface area contributed by atoms with E-state index in [1.165, 1.54) is 12.1 Å². The van der Waals surface area contributed by atoms with Crippen LogP contribution < -0.4 is 10.6 Å². The normalized spacial score (nSPS) is 10.1. The second-order valence-corrected chi connectivity index (χ2v) is 5.75. The van der Waals surface area contributed by atoms with Gasteiger partial charge in [-0.25, -0.2) is 4.39 Å². The lowest BCUT2D eigenvalue weighted by Gasteiger charge is -2.07. The number of carbonyl (C=O) groups is 1. The fourth-order valence-corrected chi connectivity index (χ4v) is 2.40. The maximum atomic E-state index is 12.9. The summed E-state index contributed by atoms with van der Waals surface area (Å²) in [6, 6.07) is 18.4. The smallest absolute Gasteiger partial charge is 0.271 e. The van der Waals surface area contributed by atoms with Crippen molar-refractivity contribution in [2.75, 3.05) is 11.9 Å². The molecule has 27 heavy (non-hydrogen) atoms. The summed E-state index contributed by atoms with van der Waals surface area (Å²) in [6.45, 7) is 0.410. The summed E-state index contributed by atoms with van der Waals surface area (Å²) in [6.07, 6.45) is 0.592. The Bertz CT molecular complexity index is 965. The van der Waals surface area contributed by atoms with Crippen LogP contribution in [-0.4, -0.2) is 22.6 Å². The Balaban J connectivity index is 1.53. The number of halogens is 1. The van der Waals surface area contributed by atoms with Crippen molar-refractivity contribution in [2.45, 2.75) is 6.42 Å². The number of anilines is 2. The van der Waals surface area contributed by atoms with Gasteiger partial charge in [-0.15, -0.1) is 10.2 Å². The molecule has 2 N–H and O–H groups in total. The van der Waals surface area contributed by atoms with Gasteiger partial charge in [-0.1, -0.05) is 18.2 Å². The van der Waals surface area contributed by atoms with Crippen LogP contribution in [0.5, 0.6) is 0 Å². The predicted molar refractivity (Wildman–Crippen MR) is 98.9 cm³/mol. The molecule has 0 radical (unpaired) electrons. The maximum Gasteiger partial charge on any atom is 0.271 e. The van der Waals surface area contributed by atoms with Crippen molar-refractivity contribution in [2.24, 2.45) is 0 Å². The standard InChI is InChI=1S/C20H16FN5O/c21-16-6-4-14(5-7-16)10-11-23-20(27)18-8-9-19(26-25-18)24-17-3-1-2-15(12-17)13-22/h1-9,12H,10-11H2,(H,23,27)(H,24,26). The van der Waals surface area contributed by atoms with Gasteiger partial charge in [0.1, 0.15) is 5.82 Å². The van der Waals surface area contributed by atoms with Crippen molar-refractivity contribution < 1.29 is 9.18 Å². The number of rotatable bonds is 6. The molecule has 2 aromatic carbocycles. The third-order valence-electron chi connectivity index (χ3n) is 3.77. The molecule has 7 heteroatoms.